The van der Waals surface area contributed by atoms with Gasteiger partial charge in [0.1, 0.15) is 31.0 Å². The molecule has 1 aliphatic carbocycles. The van der Waals surface area contributed by atoms with E-state index in [9.17, 15) is 24.0 Å². The van der Waals surface area contributed by atoms with E-state index in [2.05, 4.69) is 17.2 Å². The fraction of sp³-hybridized carbons (Fsp3) is 0.788. The van der Waals surface area contributed by atoms with Gasteiger partial charge in [-0.25, -0.2) is 0 Å². The predicted molar refractivity (Wildman–Crippen MR) is 165 cm³/mol. The van der Waals surface area contributed by atoms with Crippen molar-refractivity contribution < 1.29 is 66.6 Å². The van der Waals surface area contributed by atoms with Crippen LogP contribution in [0.2, 0.25) is 0 Å². The molecule has 0 bridgehead atoms. The third kappa shape index (κ3) is 9.55. The van der Waals surface area contributed by atoms with Crippen molar-refractivity contribution in [2.45, 2.75) is 134 Å². The second-order valence-electron chi connectivity index (χ2n) is 13.2. The van der Waals surface area contributed by atoms with Crippen LogP contribution < -0.4 is 10.6 Å². The molecule has 0 aromatic heterocycles. The van der Waals surface area contributed by atoms with Gasteiger partial charge in [-0.05, 0) is 37.5 Å². The van der Waals surface area contributed by atoms with Crippen LogP contribution in [0.4, 0.5) is 0 Å². The van der Waals surface area contributed by atoms with Crippen molar-refractivity contribution in [2.24, 2.45) is 11.8 Å². The van der Waals surface area contributed by atoms with Crippen molar-refractivity contribution in [1.29, 1.82) is 0 Å². The molecule has 4 saturated heterocycles. The van der Waals surface area contributed by atoms with Gasteiger partial charge >= 0.3 is 23.9 Å². The first-order valence-electron chi connectivity index (χ1n) is 16.9. The highest BCUT2D eigenvalue weighted by Gasteiger charge is 2.61. The molecule has 4 aliphatic heterocycles. The molecule has 49 heavy (non-hydrogen) atoms. The summed E-state index contributed by atoms with van der Waals surface area (Å²) in [5.41, 5.74) is 0. The molecule has 1 amide bonds. The Labute approximate surface area is 285 Å². The predicted octanol–water partition coefficient (Wildman–Crippen LogP) is 0.433. The molecule has 0 spiro atoms. The number of fused-ring (bicyclic) bond motifs is 2. The third-order valence-corrected chi connectivity index (χ3v) is 9.18. The molecule has 274 valence electrons. The van der Waals surface area contributed by atoms with Crippen LogP contribution in [0, 0.1) is 11.8 Å². The second kappa shape index (κ2) is 16.2. The van der Waals surface area contributed by atoms with Gasteiger partial charge in [0.05, 0.1) is 18.8 Å². The summed E-state index contributed by atoms with van der Waals surface area (Å²) in [5.74, 6) is -2.63. The zero-order valence-electron chi connectivity index (χ0n) is 28.5. The summed E-state index contributed by atoms with van der Waals surface area (Å²) >= 11 is 0. The number of ether oxygens (including phenoxy) is 9. The molecule has 14 atom stereocenters. The molecule has 1 saturated carbocycles. The maximum atomic E-state index is 12.7. The van der Waals surface area contributed by atoms with Gasteiger partial charge in [-0.3, -0.25) is 24.0 Å². The van der Waals surface area contributed by atoms with Gasteiger partial charge in [0.2, 0.25) is 5.91 Å². The number of amides is 1. The minimum Gasteiger partial charge on any atom is -0.463 e. The van der Waals surface area contributed by atoms with Crippen molar-refractivity contribution in [1.82, 2.24) is 10.6 Å². The molecule has 0 aromatic rings. The fourth-order valence-electron chi connectivity index (χ4n) is 7.05. The summed E-state index contributed by atoms with van der Waals surface area (Å²) < 4.78 is 54.6. The first kappa shape index (κ1) is 37.1. The van der Waals surface area contributed by atoms with Gasteiger partial charge in [-0.1, -0.05) is 6.08 Å². The van der Waals surface area contributed by atoms with Crippen LogP contribution in [-0.2, 0) is 66.6 Å². The average Bonchev–Trinajstić information content (AvgIpc) is 3.93. The zero-order valence-corrected chi connectivity index (χ0v) is 28.5. The number of unbranched alkanes of at least 4 members (excludes halogenated alkanes) is 1. The Balaban J connectivity index is 1.53. The van der Waals surface area contributed by atoms with Crippen LogP contribution in [0.3, 0.4) is 0 Å². The van der Waals surface area contributed by atoms with Gasteiger partial charge in [0.15, 0.2) is 30.9 Å². The summed E-state index contributed by atoms with van der Waals surface area (Å²) in [6.07, 6.45) is -5.50. The zero-order chi connectivity index (χ0) is 35.4. The van der Waals surface area contributed by atoms with Crippen molar-refractivity contribution in [3.05, 3.63) is 12.7 Å². The van der Waals surface area contributed by atoms with Crippen molar-refractivity contribution >= 4 is 29.8 Å². The lowest BCUT2D eigenvalue weighted by Crippen LogP contribution is -2.69. The maximum Gasteiger partial charge on any atom is 0.303 e. The summed E-state index contributed by atoms with van der Waals surface area (Å²) in [4.78, 5) is 61.6. The average molecular weight is 697 g/mol. The lowest BCUT2D eigenvalue weighted by atomic mass is 9.92. The minimum absolute atomic E-state index is 0.131. The lowest BCUT2D eigenvalue weighted by Gasteiger charge is -2.50. The van der Waals surface area contributed by atoms with Crippen LogP contribution in [0.5, 0.6) is 0 Å². The Hall–Kier alpha value is -3.15. The molecular weight excluding hydrogens is 648 g/mol. The Morgan fingerprint density at radius 2 is 1.49 bits per heavy atom. The number of carbonyl (C=O) groups is 5. The Bertz CT molecular complexity index is 1240. The summed E-state index contributed by atoms with van der Waals surface area (Å²) in [6, 6.07) is -0.774. The van der Waals surface area contributed by atoms with E-state index in [1.807, 2.05) is 0 Å². The molecule has 5 aliphatic rings. The highest BCUT2D eigenvalue weighted by molar-refractivity contribution is 5.73. The van der Waals surface area contributed by atoms with Gasteiger partial charge in [-0.2, -0.15) is 0 Å². The van der Waals surface area contributed by atoms with E-state index in [1.165, 1.54) is 13.8 Å². The Morgan fingerprint density at radius 3 is 2.10 bits per heavy atom. The van der Waals surface area contributed by atoms with E-state index in [1.54, 1.807) is 6.08 Å². The molecule has 13 unspecified atom stereocenters. The molecule has 2 N–H and O–H groups in total. The Morgan fingerprint density at radius 1 is 0.816 bits per heavy atom. The quantitative estimate of drug-likeness (QED) is 0.0832. The molecular formula is C33H48N2O14. The van der Waals surface area contributed by atoms with Crippen molar-refractivity contribution in [2.75, 3.05) is 19.8 Å². The number of hydrogen-bond donors (Lipinski definition) is 2. The van der Waals surface area contributed by atoms with Crippen LogP contribution in [0.25, 0.3) is 0 Å². The van der Waals surface area contributed by atoms with Gasteiger partial charge in [0.25, 0.3) is 0 Å². The molecule has 16 nitrogen and oxygen atoms in total. The summed E-state index contributed by atoms with van der Waals surface area (Å²) in [7, 11) is 0. The third-order valence-electron chi connectivity index (χ3n) is 9.18. The molecule has 5 rings (SSSR count). The van der Waals surface area contributed by atoms with E-state index < -0.39 is 97.7 Å². The fourth-order valence-corrected chi connectivity index (χ4v) is 7.05. The first-order valence-corrected chi connectivity index (χ1v) is 16.9. The minimum atomic E-state index is -1.50. The maximum absolute atomic E-state index is 12.7. The first-order chi connectivity index (χ1) is 23.4. The lowest BCUT2D eigenvalue weighted by molar-refractivity contribution is -0.350. The van der Waals surface area contributed by atoms with Gasteiger partial charge < -0.3 is 53.3 Å². The second-order valence-corrected chi connectivity index (χ2v) is 13.2. The molecule has 4 heterocycles. The number of esters is 4. The van der Waals surface area contributed by atoms with Crippen LogP contribution in [-0.4, -0.2) is 123 Å². The molecule has 16 heteroatoms. The van der Waals surface area contributed by atoms with E-state index in [0.717, 1.165) is 33.7 Å². The number of rotatable bonds is 14. The topological polar surface area (TPSA) is 202 Å². The number of nitrogens with one attached hydrogen (secondary N) is 2. The van der Waals surface area contributed by atoms with Crippen LogP contribution in [0.15, 0.2) is 12.7 Å². The van der Waals surface area contributed by atoms with E-state index in [-0.39, 0.29) is 12.1 Å². The molecule has 0 aromatic carbocycles. The molecule has 0 radical (unpaired) electrons. The largest absolute Gasteiger partial charge is 0.463 e. The van der Waals surface area contributed by atoms with Crippen molar-refractivity contribution in [3.8, 4) is 0 Å². The van der Waals surface area contributed by atoms with Crippen LogP contribution in [0.1, 0.15) is 60.3 Å². The highest BCUT2D eigenvalue weighted by Crippen LogP contribution is 2.52. The summed E-state index contributed by atoms with van der Waals surface area (Å²) in [6.45, 7) is 10.4. The van der Waals surface area contributed by atoms with E-state index in [4.69, 9.17) is 42.6 Å². The van der Waals surface area contributed by atoms with Crippen LogP contribution >= 0.6 is 0 Å². The van der Waals surface area contributed by atoms with Gasteiger partial charge in [-0.15, -0.1) is 6.58 Å². The number of hydrogen-bond acceptors (Lipinski definition) is 15. The summed E-state index contributed by atoms with van der Waals surface area (Å²) in [5, 5.41) is 6.27. The van der Waals surface area contributed by atoms with E-state index >= 15 is 0 Å². The molecule has 5 fully saturated rings. The number of carbonyl (C=O) groups excluding carboxylic acids is 5. The smallest absolute Gasteiger partial charge is 0.303 e. The van der Waals surface area contributed by atoms with Gasteiger partial charge in [0, 0.05) is 47.2 Å². The highest BCUT2D eigenvalue weighted by atomic mass is 16.8. The van der Waals surface area contributed by atoms with Crippen molar-refractivity contribution in [3.63, 3.8) is 0 Å². The Kier molecular flexibility index (Phi) is 12.3. The normalized spacial score (nSPS) is 39.1. The SMILES string of the molecule is C=CCCCOC1OC2CC3C[C@@H]3C(C3CN3)OC2C(OC2OC(COC(C)=O)C(OC(C)=O)C(OC(C)=O)C2OC(C)=O)C1NC(C)=O. The standard InChI is InChI=1S/C33H48N2O14/c1-7-8-9-10-41-32-25(35-15(2)36)29(27-23(46-32)12-20-11-21(20)26(48-27)22-13-34-22)49-33-31(45-19(6)40)30(44-18(5)39)28(43-17(4)38)24(47-33)14-42-16(3)37/h7,20-34H,1,8-14H2,2-6H3,(H,35,36)/t20?,21-,22?,23?,24?,25?,26?,27?,28?,29?,30?,31?,32?,33?/m0/s1. The monoisotopic (exact) mass is 696 g/mol. The van der Waals surface area contributed by atoms with E-state index in [0.29, 0.717) is 37.7 Å². The number of allylic oxidation sites excluding steroid dienone is 1.